The van der Waals surface area contributed by atoms with Gasteiger partial charge in [-0.3, -0.25) is 0 Å². The molecule has 0 aliphatic heterocycles. The van der Waals surface area contributed by atoms with Gasteiger partial charge in [0.1, 0.15) is 5.03 Å². The molecule has 0 saturated carbocycles. The van der Waals surface area contributed by atoms with Crippen LogP contribution in [0.5, 0.6) is 0 Å². The first-order valence-electron chi connectivity index (χ1n) is 4.72. The Hall–Kier alpha value is -1.48. The van der Waals surface area contributed by atoms with Crippen LogP contribution >= 0.6 is 11.8 Å². The first-order chi connectivity index (χ1) is 7.25. The van der Waals surface area contributed by atoms with Crippen molar-refractivity contribution >= 4 is 17.4 Å². The van der Waals surface area contributed by atoms with Gasteiger partial charge in [0.05, 0.1) is 5.69 Å². The molecule has 2 aromatic rings. The molecule has 2 N–H and O–H groups in total. The van der Waals surface area contributed by atoms with E-state index in [1.807, 2.05) is 49.4 Å². The van der Waals surface area contributed by atoms with E-state index in [1.54, 1.807) is 11.8 Å². The first-order valence-corrected chi connectivity index (χ1v) is 5.53. The van der Waals surface area contributed by atoms with Crippen LogP contribution in [0.1, 0.15) is 5.69 Å². The molecule has 1 aromatic heterocycles. The predicted octanol–water partition coefficient (Wildman–Crippen LogP) is 3.12. The van der Waals surface area contributed by atoms with Gasteiger partial charge in [-0.2, -0.15) is 0 Å². The van der Waals surface area contributed by atoms with Crippen LogP contribution in [-0.2, 0) is 0 Å². The maximum absolute atomic E-state index is 5.85. The number of benzene rings is 1. The van der Waals surface area contributed by atoms with E-state index in [9.17, 15) is 0 Å². The summed E-state index contributed by atoms with van der Waals surface area (Å²) in [6, 6.07) is 13.9. The minimum Gasteiger partial charge on any atom is -0.397 e. The normalized spacial score (nSPS) is 10.2. The topological polar surface area (TPSA) is 38.9 Å². The van der Waals surface area contributed by atoms with Gasteiger partial charge in [0.25, 0.3) is 0 Å². The van der Waals surface area contributed by atoms with Gasteiger partial charge < -0.3 is 5.73 Å². The van der Waals surface area contributed by atoms with Gasteiger partial charge in [0, 0.05) is 10.6 Å². The molecule has 1 heterocycles. The van der Waals surface area contributed by atoms with Gasteiger partial charge in [0.15, 0.2) is 0 Å². The summed E-state index contributed by atoms with van der Waals surface area (Å²) >= 11 is 1.59. The largest absolute Gasteiger partial charge is 0.397 e. The molecule has 2 rings (SSSR count). The smallest absolute Gasteiger partial charge is 0.124 e. The quantitative estimate of drug-likeness (QED) is 0.838. The summed E-state index contributed by atoms with van der Waals surface area (Å²) in [4.78, 5) is 5.56. The van der Waals surface area contributed by atoms with Crippen molar-refractivity contribution in [2.24, 2.45) is 0 Å². The summed E-state index contributed by atoms with van der Waals surface area (Å²) in [6.07, 6.45) is 0. The molecule has 76 valence electrons. The summed E-state index contributed by atoms with van der Waals surface area (Å²) in [5, 5.41) is 0.876. The zero-order chi connectivity index (χ0) is 10.7. The second kappa shape index (κ2) is 4.36. The Balaban J connectivity index is 2.28. The number of hydrogen-bond donors (Lipinski definition) is 1. The molecule has 0 aliphatic carbocycles. The van der Waals surface area contributed by atoms with Gasteiger partial charge >= 0.3 is 0 Å². The summed E-state index contributed by atoms with van der Waals surface area (Å²) in [5.41, 5.74) is 7.57. The molecule has 0 saturated heterocycles. The molecule has 0 atom stereocenters. The van der Waals surface area contributed by atoms with Crippen LogP contribution in [0.4, 0.5) is 5.69 Å². The van der Waals surface area contributed by atoms with Crippen LogP contribution in [0.2, 0.25) is 0 Å². The van der Waals surface area contributed by atoms with Gasteiger partial charge in [-0.15, -0.1) is 0 Å². The van der Waals surface area contributed by atoms with E-state index < -0.39 is 0 Å². The van der Waals surface area contributed by atoms with Crippen molar-refractivity contribution in [1.82, 2.24) is 4.98 Å². The number of anilines is 1. The molecular weight excluding hydrogens is 204 g/mol. The monoisotopic (exact) mass is 216 g/mol. The summed E-state index contributed by atoms with van der Waals surface area (Å²) in [7, 11) is 0. The minimum atomic E-state index is 0.731. The maximum Gasteiger partial charge on any atom is 0.124 e. The lowest BCUT2D eigenvalue weighted by Gasteiger charge is -2.04. The summed E-state index contributed by atoms with van der Waals surface area (Å²) in [5.74, 6) is 0. The summed E-state index contributed by atoms with van der Waals surface area (Å²) in [6.45, 7) is 1.97. The van der Waals surface area contributed by atoms with Crippen molar-refractivity contribution in [3.63, 3.8) is 0 Å². The first kappa shape index (κ1) is 10.1. The third kappa shape index (κ3) is 2.50. The number of aryl methyl sites for hydroxylation is 1. The van der Waals surface area contributed by atoms with E-state index in [2.05, 4.69) is 4.98 Å². The second-order valence-corrected chi connectivity index (χ2v) is 4.32. The minimum absolute atomic E-state index is 0.731. The van der Waals surface area contributed by atoms with E-state index in [-0.39, 0.29) is 0 Å². The number of hydrogen-bond acceptors (Lipinski definition) is 3. The van der Waals surface area contributed by atoms with Gasteiger partial charge in [-0.05, 0) is 31.2 Å². The van der Waals surface area contributed by atoms with Crippen molar-refractivity contribution in [2.75, 3.05) is 5.73 Å². The van der Waals surface area contributed by atoms with Gasteiger partial charge in [0.2, 0.25) is 0 Å². The highest BCUT2D eigenvalue weighted by Crippen LogP contribution is 2.29. The van der Waals surface area contributed by atoms with Crippen LogP contribution in [0.15, 0.2) is 52.4 Å². The second-order valence-electron chi connectivity index (χ2n) is 3.26. The van der Waals surface area contributed by atoms with E-state index in [1.165, 1.54) is 0 Å². The molecule has 15 heavy (non-hydrogen) atoms. The van der Waals surface area contributed by atoms with E-state index in [0.717, 1.165) is 21.3 Å². The van der Waals surface area contributed by atoms with Crippen LogP contribution in [0, 0.1) is 6.92 Å². The Morgan fingerprint density at radius 2 is 1.80 bits per heavy atom. The van der Waals surface area contributed by atoms with E-state index >= 15 is 0 Å². The average Bonchev–Trinajstić information content (AvgIpc) is 2.25. The number of nitrogens with zero attached hydrogens (tertiary/aromatic N) is 1. The van der Waals surface area contributed by atoms with Crippen molar-refractivity contribution < 1.29 is 0 Å². The van der Waals surface area contributed by atoms with Crippen LogP contribution in [-0.4, -0.2) is 4.98 Å². The lowest BCUT2D eigenvalue weighted by Crippen LogP contribution is -1.93. The molecule has 0 radical (unpaired) electrons. The molecule has 3 heteroatoms. The van der Waals surface area contributed by atoms with E-state index in [4.69, 9.17) is 5.73 Å². The fraction of sp³-hybridized carbons (Fsp3) is 0.0833. The van der Waals surface area contributed by atoms with Crippen LogP contribution < -0.4 is 5.73 Å². The molecule has 0 aliphatic rings. The number of nitrogen functional groups attached to an aromatic ring is 1. The van der Waals surface area contributed by atoms with Gasteiger partial charge in [-0.1, -0.05) is 30.0 Å². The Labute approximate surface area is 93.5 Å². The standard InChI is InChI=1S/C12H12N2S/c1-9-7-8-11(13)12(14-9)15-10-5-3-2-4-6-10/h2-8H,13H2,1H3. The average molecular weight is 216 g/mol. The lowest BCUT2D eigenvalue weighted by molar-refractivity contribution is 1.07. The molecular formula is C12H12N2S. The fourth-order valence-corrected chi connectivity index (χ4v) is 2.12. The number of nitrogens with two attached hydrogens (primary N) is 1. The molecule has 0 bridgehead atoms. The van der Waals surface area contributed by atoms with E-state index in [0.29, 0.717) is 0 Å². The Kier molecular flexibility index (Phi) is 2.92. The third-order valence-electron chi connectivity index (χ3n) is 1.99. The molecule has 2 nitrogen and oxygen atoms in total. The highest BCUT2D eigenvalue weighted by molar-refractivity contribution is 7.99. The molecule has 0 unspecified atom stereocenters. The lowest BCUT2D eigenvalue weighted by atomic mass is 10.3. The van der Waals surface area contributed by atoms with Gasteiger partial charge in [-0.25, -0.2) is 4.98 Å². The number of aromatic nitrogens is 1. The van der Waals surface area contributed by atoms with Crippen LogP contribution in [0.25, 0.3) is 0 Å². The highest BCUT2D eigenvalue weighted by atomic mass is 32.2. The van der Waals surface area contributed by atoms with Crippen molar-refractivity contribution in [2.45, 2.75) is 16.8 Å². The Morgan fingerprint density at radius 3 is 2.53 bits per heavy atom. The van der Waals surface area contributed by atoms with Crippen molar-refractivity contribution in [3.8, 4) is 0 Å². The zero-order valence-electron chi connectivity index (χ0n) is 8.47. The fourth-order valence-electron chi connectivity index (χ4n) is 1.23. The number of rotatable bonds is 2. The molecule has 0 spiro atoms. The van der Waals surface area contributed by atoms with Crippen molar-refractivity contribution in [3.05, 3.63) is 48.2 Å². The molecule has 1 aromatic carbocycles. The third-order valence-corrected chi connectivity index (χ3v) is 3.01. The SMILES string of the molecule is Cc1ccc(N)c(Sc2ccccc2)n1. The molecule has 0 amide bonds. The predicted molar refractivity (Wildman–Crippen MR) is 64.0 cm³/mol. The van der Waals surface area contributed by atoms with Crippen LogP contribution in [0.3, 0.4) is 0 Å². The Bertz CT molecular complexity index is 454. The number of pyridine rings is 1. The zero-order valence-corrected chi connectivity index (χ0v) is 9.29. The maximum atomic E-state index is 5.85. The summed E-state index contributed by atoms with van der Waals surface area (Å²) < 4.78 is 0. The highest BCUT2D eigenvalue weighted by Gasteiger charge is 2.03. The molecule has 0 fully saturated rings. The Morgan fingerprint density at radius 1 is 1.07 bits per heavy atom. The van der Waals surface area contributed by atoms with Crippen molar-refractivity contribution in [1.29, 1.82) is 0 Å².